The van der Waals surface area contributed by atoms with Crippen molar-refractivity contribution in [2.45, 2.75) is 13.5 Å². The number of carbonyl (C=O) groups is 1. The van der Waals surface area contributed by atoms with E-state index < -0.39 is 12.9 Å². The fraction of sp³-hybridized carbons (Fsp3) is 0.174. The molecule has 0 fully saturated rings. The Morgan fingerprint density at radius 1 is 1.17 bits per heavy atom. The number of hydrogen-bond donors (Lipinski definition) is 3. The predicted molar refractivity (Wildman–Crippen MR) is 129 cm³/mol. The Bertz CT molecular complexity index is 1580. The molecule has 1 amide bonds. The number of hydrogen-bond acceptors (Lipinski definition) is 10. The molecule has 0 unspecified atom stereocenters. The minimum Gasteiger partial charge on any atom is -0.364 e. The van der Waals surface area contributed by atoms with E-state index in [1.165, 1.54) is 12.3 Å². The summed E-state index contributed by atoms with van der Waals surface area (Å²) >= 11 is 0. The first-order valence-electron chi connectivity index (χ1n) is 12.0. The van der Waals surface area contributed by atoms with Crippen molar-refractivity contribution in [2.24, 2.45) is 0 Å². The number of carbonyl (C=O) groups excluding carboxylic acids is 1. The third-order valence-corrected chi connectivity index (χ3v) is 5.32. The zero-order valence-electron chi connectivity index (χ0n) is 21.7. The van der Waals surface area contributed by atoms with E-state index in [0.29, 0.717) is 29.4 Å². The lowest BCUT2D eigenvalue weighted by Crippen LogP contribution is -2.27. The molecular weight excluding hydrogens is 446 g/mol. The summed E-state index contributed by atoms with van der Waals surface area (Å²) in [5, 5.41) is 29.7. The van der Waals surface area contributed by atoms with Crippen LogP contribution >= 0.6 is 0 Å². The van der Waals surface area contributed by atoms with E-state index in [1.807, 2.05) is 48.5 Å². The molecule has 3 N–H and O–H groups in total. The largest absolute Gasteiger partial charge is 0.364 e. The molecule has 1 aliphatic heterocycles. The molecule has 1 aliphatic rings. The Balaban J connectivity index is 1.55. The summed E-state index contributed by atoms with van der Waals surface area (Å²) in [6.45, 7) is -0.389. The molecule has 0 atom stereocenters. The van der Waals surface area contributed by atoms with E-state index in [9.17, 15) is 4.79 Å². The van der Waals surface area contributed by atoms with Gasteiger partial charge in [0.15, 0.2) is 17.3 Å². The second-order valence-corrected chi connectivity index (χ2v) is 7.76. The number of para-hydroxylation sites is 1. The second kappa shape index (κ2) is 8.71. The topological polar surface area (TPSA) is 150 Å². The van der Waals surface area contributed by atoms with Crippen LogP contribution in [0.4, 0.5) is 28.7 Å². The smallest absolute Gasteiger partial charge is 0.273 e. The van der Waals surface area contributed by atoms with Gasteiger partial charge in [0.2, 0.25) is 0 Å². The van der Waals surface area contributed by atoms with Crippen molar-refractivity contribution < 1.29 is 8.91 Å². The van der Waals surface area contributed by atoms with Gasteiger partial charge in [-0.15, -0.1) is 10.2 Å². The highest BCUT2D eigenvalue weighted by Gasteiger charge is 2.25. The normalized spacial score (nSPS) is 13.4. The van der Waals surface area contributed by atoms with Crippen LogP contribution in [0.15, 0.2) is 42.6 Å². The molecule has 0 saturated heterocycles. The summed E-state index contributed by atoms with van der Waals surface area (Å²) in [4.78, 5) is 23.5. The highest BCUT2D eigenvalue weighted by Crippen LogP contribution is 2.38. The Hall–Kier alpha value is -5.05. The molecule has 4 aromatic rings. The fourth-order valence-corrected chi connectivity index (χ4v) is 3.83. The number of aryl methyl sites for hydroxylation is 1. The third kappa shape index (κ3) is 4.06. The number of amides is 1. The minimum absolute atomic E-state index is 0.209. The average Bonchev–Trinajstić information content (AvgIpc) is 3.24. The van der Waals surface area contributed by atoms with Gasteiger partial charge in [0.05, 0.1) is 34.9 Å². The number of fused-ring (bicyclic) bond motifs is 3. The number of nitrogens with one attached hydrogen (secondary N) is 3. The molecule has 0 spiro atoms. The molecule has 0 bridgehead atoms. The predicted octanol–water partition coefficient (Wildman–Crippen LogP) is 2.43. The van der Waals surface area contributed by atoms with Gasteiger partial charge in [-0.1, -0.05) is 6.07 Å². The van der Waals surface area contributed by atoms with E-state index in [0.717, 1.165) is 17.2 Å². The maximum atomic E-state index is 12.8. The summed E-state index contributed by atoms with van der Waals surface area (Å²) in [6, 6.07) is 12.3. The Labute approximate surface area is 204 Å². The Kier molecular flexibility index (Phi) is 4.58. The van der Waals surface area contributed by atoms with Gasteiger partial charge in [-0.2, -0.15) is 10.4 Å². The van der Waals surface area contributed by atoms with Crippen LogP contribution in [-0.4, -0.2) is 49.9 Å². The van der Waals surface area contributed by atoms with Crippen LogP contribution in [0.1, 0.15) is 31.8 Å². The van der Waals surface area contributed by atoms with Crippen LogP contribution < -0.4 is 20.9 Å². The van der Waals surface area contributed by atoms with Crippen molar-refractivity contribution in [3.8, 4) is 11.8 Å². The van der Waals surface area contributed by atoms with Crippen molar-refractivity contribution >= 4 is 34.6 Å². The van der Waals surface area contributed by atoms with Crippen molar-refractivity contribution in [3.05, 3.63) is 65.5 Å². The second-order valence-electron chi connectivity index (χ2n) is 7.76. The molecule has 1 aromatic carbocycles. The molecule has 0 aliphatic carbocycles. The van der Waals surface area contributed by atoms with Crippen LogP contribution in [0, 0.1) is 18.3 Å². The zero-order chi connectivity index (χ0) is 27.0. The molecule has 12 nitrogen and oxygen atoms in total. The summed E-state index contributed by atoms with van der Waals surface area (Å²) in [5.41, 5.74) is 2.60. The summed E-state index contributed by atoms with van der Waals surface area (Å²) < 4.78 is 24.0. The SMILES string of the molecule is [2H]C([2H])([2H])NC(=O)c1nnc(Nc2ccc(C#N)cn2)cc1Nc1cccc2c1N(C)Cc1nc(C)nn1-2. The van der Waals surface area contributed by atoms with Crippen LogP contribution in [-0.2, 0) is 6.54 Å². The first-order valence-corrected chi connectivity index (χ1v) is 10.5. The molecule has 174 valence electrons. The van der Waals surface area contributed by atoms with Gasteiger partial charge >= 0.3 is 0 Å². The van der Waals surface area contributed by atoms with Crippen molar-refractivity contribution in [3.63, 3.8) is 0 Å². The standard InChI is InChI=1S/C23H21N11O/c1-13-27-20-12-33(3)22-15(5-4-6-17(22)34(20)32-13)28-16-9-19(30-31-21(16)23(35)25-2)29-18-8-7-14(10-24)11-26-18/h4-9,11H,12H2,1-3H3,(H,25,35)(H2,26,28,29,30)/i2D3. The molecular formula is C23H21N11O. The maximum Gasteiger partial charge on any atom is 0.273 e. The van der Waals surface area contributed by atoms with Gasteiger partial charge in [0, 0.05) is 30.4 Å². The molecule has 12 heteroatoms. The van der Waals surface area contributed by atoms with Crippen LogP contribution in [0.2, 0.25) is 0 Å². The van der Waals surface area contributed by atoms with Crippen LogP contribution in [0.3, 0.4) is 0 Å². The number of benzene rings is 1. The lowest BCUT2D eigenvalue weighted by molar-refractivity contribution is 0.0958. The van der Waals surface area contributed by atoms with E-state index in [1.54, 1.807) is 16.8 Å². The lowest BCUT2D eigenvalue weighted by Gasteiger charge is -2.29. The van der Waals surface area contributed by atoms with Crippen LogP contribution in [0.5, 0.6) is 0 Å². The number of nitrogens with zero attached hydrogens (tertiary/aromatic N) is 8. The number of pyridine rings is 1. The average molecular weight is 471 g/mol. The van der Waals surface area contributed by atoms with E-state index in [4.69, 9.17) is 9.37 Å². The summed E-state index contributed by atoms with van der Waals surface area (Å²) in [6.07, 6.45) is 1.40. The van der Waals surface area contributed by atoms with Gasteiger partial charge in [-0.3, -0.25) is 4.79 Å². The van der Waals surface area contributed by atoms with Gasteiger partial charge in [0.25, 0.3) is 5.91 Å². The van der Waals surface area contributed by atoms with Crippen molar-refractivity contribution in [1.82, 2.24) is 35.3 Å². The fourth-order valence-electron chi connectivity index (χ4n) is 3.83. The highest BCUT2D eigenvalue weighted by molar-refractivity contribution is 5.99. The number of anilines is 5. The first kappa shape index (κ1) is 18.4. The van der Waals surface area contributed by atoms with E-state index in [2.05, 4.69) is 35.9 Å². The zero-order valence-corrected chi connectivity index (χ0v) is 18.7. The summed E-state index contributed by atoms with van der Waals surface area (Å²) in [7, 11) is 1.91. The molecule has 3 aromatic heterocycles. The van der Waals surface area contributed by atoms with Crippen molar-refractivity contribution in [1.29, 1.82) is 5.26 Å². The Morgan fingerprint density at radius 3 is 2.83 bits per heavy atom. The van der Waals surface area contributed by atoms with Crippen LogP contribution in [0.25, 0.3) is 5.69 Å². The minimum atomic E-state index is -2.72. The number of aromatic nitrogens is 6. The quantitative estimate of drug-likeness (QED) is 0.397. The maximum absolute atomic E-state index is 12.8. The van der Waals surface area contributed by atoms with Gasteiger partial charge in [-0.05, 0) is 31.2 Å². The van der Waals surface area contributed by atoms with E-state index in [-0.39, 0.29) is 17.2 Å². The van der Waals surface area contributed by atoms with E-state index >= 15 is 0 Å². The van der Waals surface area contributed by atoms with Gasteiger partial charge in [-0.25, -0.2) is 14.6 Å². The van der Waals surface area contributed by atoms with Gasteiger partial charge < -0.3 is 20.9 Å². The molecule has 35 heavy (non-hydrogen) atoms. The molecule has 4 heterocycles. The number of nitriles is 1. The third-order valence-electron chi connectivity index (χ3n) is 5.32. The Morgan fingerprint density at radius 2 is 2.06 bits per heavy atom. The molecule has 5 rings (SSSR count). The van der Waals surface area contributed by atoms with Gasteiger partial charge in [0.1, 0.15) is 17.7 Å². The molecule has 0 radical (unpaired) electrons. The monoisotopic (exact) mass is 470 g/mol. The number of rotatable bonds is 5. The molecule has 0 saturated carbocycles. The summed E-state index contributed by atoms with van der Waals surface area (Å²) in [5.74, 6) is 1.15. The highest BCUT2D eigenvalue weighted by atomic mass is 16.1. The van der Waals surface area contributed by atoms with Crippen molar-refractivity contribution in [2.75, 3.05) is 29.6 Å². The first-order chi connectivity index (χ1) is 18.1. The lowest BCUT2D eigenvalue weighted by atomic mass is 10.1.